The predicted octanol–water partition coefficient (Wildman–Crippen LogP) is 4.64. The van der Waals surface area contributed by atoms with Crippen molar-refractivity contribution in [2.45, 2.75) is 6.42 Å². The molecule has 144 valence electrons. The Morgan fingerprint density at radius 1 is 0.893 bits per heavy atom. The van der Waals surface area contributed by atoms with Crippen molar-refractivity contribution in [3.63, 3.8) is 0 Å². The highest BCUT2D eigenvalue weighted by molar-refractivity contribution is 7.13. The molecule has 0 aliphatic heterocycles. The summed E-state index contributed by atoms with van der Waals surface area (Å²) in [6.07, 6.45) is 0.120. The number of thiophene rings is 1. The number of ether oxygens (including phenoxy) is 3. The van der Waals surface area contributed by atoms with E-state index in [1.807, 2.05) is 29.6 Å². The number of hydrogen-bond donors (Lipinski definition) is 0. The molecular formula is C22H20O5S. The number of esters is 1. The van der Waals surface area contributed by atoms with Crippen LogP contribution in [0.15, 0.2) is 53.9 Å². The fourth-order valence-electron chi connectivity index (χ4n) is 2.92. The van der Waals surface area contributed by atoms with Crippen molar-refractivity contribution in [1.29, 1.82) is 0 Å². The summed E-state index contributed by atoms with van der Waals surface area (Å²) in [6, 6.07) is 14.2. The van der Waals surface area contributed by atoms with Crippen molar-refractivity contribution in [2.24, 2.45) is 0 Å². The van der Waals surface area contributed by atoms with Crippen molar-refractivity contribution >= 4 is 23.1 Å². The Balaban J connectivity index is 1.90. The maximum Gasteiger partial charge on any atom is 0.337 e. The van der Waals surface area contributed by atoms with Crippen molar-refractivity contribution in [2.75, 3.05) is 21.3 Å². The second kappa shape index (κ2) is 8.71. The normalized spacial score (nSPS) is 10.4. The third-order valence-electron chi connectivity index (χ3n) is 4.38. The maximum absolute atomic E-state index is 12.8. The average Bonchev–Trinajstić information content (AvgIpc) is 3.28. The molecule has 2 aromatic carbocycles. The van der Waals surface area contributed by atoms with Crippen molar-refractivity contribution < 1.29 is 23.8 Å². The number of ketones is 1. The zero-order chi connectivity index (χ0) is 20.1. The van der Waals surface area contributed by atoms with Crippen LogP contribution in [-0.4, -0.2) is 33.1 Å². The van der Waals surface area contributed by atoms with Gasteiger partial charge in [-0.2, -0.15) is 0 Å². The molecule has 0 atom stereocenters. The Morgan fingerprint density at radius 3 is 2.00 bits per heavy atom. The van der Waals surface area contributed by atoms with Gasteiger partial charge in [-0.25, -0.2) is 4.79 Å². The summed E-state index contributed by atoms with van der Waals surface area (Å²) in [5.74, 6) is 0.660. The monoisotopic (exact) mass is 396 g/mol. The Hall–Kier alpha value is -3.12. The van der Waals surface area contributed by atoms with Gasteiger partial charge in [0.2, 0.25) is 0 Å². The molecule has 0 aliphatic rings. The number of carbonyl (C=O) groups is 2. The van der Waals surface area contributed by atoms with E-state index in [1.165, 1.54) is 7.11 Å². The van der Waals surface area contributed by atoms with Gasteiger partial charge in [-0.1, -0.05) is 18.2 Å². The third kappa shape index (κ3) is 4.07. The second-order valence-corrected chi connectivity index (χ2v) is 6.95. The Kier molecular flexibility index (Phi) is 6.11. The summed E-state index contributed by atoms with van der Waals surface area (Å²) in [5.41, 5.74) is 2.56. The first-order valence-corrected chi connectivity index (χ1v) is 9.45. The largest absolute Gasteiger partial charge is 0.496 e. The van der Waals surface area contributed by atoms with E-state index in [0.29, 0.717) is 28.2 Å². The molecule has 0 saturated carbocycles. The molecule has 1 heterocycles. The zero-order valence-corrected chi connectivity index (χ0v) is 16.7. The Morgan fingerprint density at radius 2 is 1.50 bits per heavy atom. The summed E-state index contributed by atoms with van der Waals surface area (Å²) >= 11 is 1.62. The highest BCUT2D eigenvalue weighted by Crippen LogP contribution is 2.37. The van der Waals surface area contributed by atoms with Gasteiger partial charge < -0.3 is 14.2 Å². The van der Waals surface area contributed by atoms with Gasteiger partial charge in [0.05, 0.1) is 26.9 Å². The van der Waals surface area contributed by atoms with Gasteiger partial charge in [0.1, 0.15) is 11.5 Å². The van der Waals surface area contributed by atoms with E-state index in [9.17, 15) is 9.59 Å². The minimum Gasteiger partial charge on any atom is -0.496 e. The molecule has 3 rings (SSSR count). The maximum atomic E-state index is 12.8. The van der Waals surface area contributed by atoms with Crippen LogP contribution in [0, 0.1) is 0 Å². The van der Waals surface area contributed by atoms with Gasteiger partial charge in [0.25, 0.3) is 0 Å². The lowest BCUT2D eigenvalue weighted by atomic mass is 9.98. The van der Waals surface area contributed by atoms with Crippen LogP contribution in [0.25, 0.3) is 10.4 Å². The van der Waals surface area contributed by atoms with Crippen LogP contribution in [0.2, 0.25) is 0 Å². The summed E-state index contributed by atoms with van der Waals surface area (Å²) < 4.78 is 15.8. The predicted molar refractivity (Wildman–Crippen MR) is 109 cm³/mol. The molecule has 0 N–H and O–H groups in total. The molecule has 0 saturated heterocycles. The lowest BCUT2D eigenvalue weighted by Gasteiger charge is -2.15. The molecule has 6 heteroatoms. The second-order valence-electron chi connectivity index (χ2n) is 6.01. The van der Waals surface area contributed by atoms with Crippen molar-refractivity contribution in [3.05, 3.63) is 70.6 Å². The number of benzene rings is 2. The van der Waals surface area contributed by atoms with Gasteiger partial charge >= 0.3 is 5.97 Å². The molecule has 0 aliphatic carbocycles. The van der Waals surface area contributed by atoms with Crippen molar-refractivity contribution in [1.82, 2.24) is 0 Å². The molecule has 0 spiro atoms. The number of hydrogen-bond acceptors (Lipinski definition) is 6. The van der Waals surface area contributed by atoms with E-state index in [4.69, 9.17) is 9.47 Å². The van der Waals surface area contributed by atoms with Crippen LogP contribution >= 0.6 is 11.3 Å². The molecule has 28 heavy (non-hydrogen) atoms. The van der Waals surface area contributed by atoms with Gasteiger partial charge in [0, 0.05) is 22.4 Å². The van der Waals surface area contributed by atoms with E-state index in [2.05, 4.69) is 4.74 Å². The van der Waals surface area contributed by atoms with Gasteiger partial charge in [0.15, 0.2) is 5.78 Å². The third-order valence-corrected chi connectivity index (χ3v) is 5.30. The molecule has 0 unspecified atom stereocenters. The van der Waals surface area contributed by atoms with Gasteiger partial charge in [-0.05, 0) is 41.3 Å². The number of Topliss-reactive ketones (excluding diaryl/α,β-unsaturated/α-hetero) is 1. The van der Waals surface area contributed by atoms with Crippen LogP contribution in [-0.2, 0) is 11.2 Å². The minimum absolute atomic E-state index is 0.100. The average molecular weight is 396 g/mol. The highest BCUT2D eigenvalue weighted by atomic mass is 32.1. The van der Waals surface area contributed by atoms with Crippen LogP contribution in [0.3, 0.4) is 0 Å². The summed E-state index contributed by atoms with van der Waals surface area (Å²) in [4.78, 5) is 25.4. The lowest BCUT2D eigenvalue weighted by Crippen LogP contribution is -2.08. The fourth-order valence-corrected chi connectivity index (χ4v) is 3.63. The van der Waals surface area contributed by atoms with E-state index in [-0.39, 0.29) is 12.2 Å². The molecule has 3 aromatic rings. The fraction of sp³-hybridized carbons (Fsp3) is 0.182. The first kappa shape index (κ1) is 19.6. The minimum atomic E-state index is -0.438. The van der Waals surface area contributed by atoms with Crippen LogP contribution < -0.4 is 9.47 Å². The molecule has 1 aromatic heterocycles. The van der Waals surface area contributed by atoms with E-state index in [1.54, 1.807) is 49.8 Å². The quantitative estimate of drug-likeness (QED) is 0.430. The molecule has 0 bridgehead atoms. The number of methoxy groups -OCH3 is 3. The van der Waals surface area contributed by atoms with Gasteiger partial charge in [-0.3, -0.25) is 4.79 Å². The lowest BCUT2D eigenvalue weighted by molar-refractivity contribution is 0.0600. The summed E-state index contributed by atoms with van der Waals surface area (Å²) in [5, 5.41) is 2.00. The van der Waals surface area contributed by atoms with Crippen LogP contribution in [0.5, 0.6) is 11.5 Å². The topological polar surface area (TPSA) is 61.8 Å². The van der Waals surface area contributed by atoms with Crippen molar-refractivity contribution in [3.8, 4) is 21.9 Å². The summed E-state index contributed by atoms with van der Waals surface area (Å²) in [7, 11) is 4.47. The van der Waals surface area contributed by atoms with Crippen LogP contribution in [0.1, 0.15) is 26.3 Å². The van der Waals surface area contributed by atoms with E-state index >= 15 is 0 Å². The molecule has 0 amide bonds. The zero-order valence-electron chi connectivity index (χ0n) is 15.9. The highest BCUT2D eigenvalue weighted by Gasteiger charge is 2.18. The van der Waals surface area contributed by atoms with Gasteiger partial charge in [-0.15, -0.1) is 11.3 Å². The molecule has 5 nitrogen and oxygen atoms in total. The SMILES string of the molecule is COC(=O)c1ccc(C(=O)Cc2c(OC)cc(-c3cccs3)cc2OC)cc1. The molecule has 0 radical (unpaired) electrons. The first-order valence-electron chi connectivity index (χ1n) is 8.57. The van der Waals surface area contributed by atoms with E-state index < -0.39 is 5.97 Å². The van der Waals surface area contributed by atoms with E-state index in [0.717, 1.165) is 10.4 Å². The first-order chi connectivity index (χ1) is 13.6. The Bertz CT molecular complexity index is 950. The standard InChI is InChI=1S/C22H20O5S/c1-25-19-11-16(21-5-4-10-28-21)12-20(26-2)17(19)13-18(23)14-6-8-15(9-7-14)22(24)27-3/h4-12H,13H2,1-3H3. The van der Waals surface area contributed by atoms with Crippen LogP contribution in [0.4, 0.5) is 0 Å². The smallest absolute Gasteiger partial charge is 0.337 e. The number of carbonyl (C=O) groups excluding carboxylic acids is 2. The summed E-state index contributed by atoms with van der Waals surface area (Å²) in [6.45, 7) is 0. The Labute approximate surface area is 167 Å². The molecular weight excluding hydrogens is 376 g/mol. The number of rotatable bonds is 7. The molecule has 0 fully saturated rings.